The maximum Gasteiger partial charge on any atom is 0.0209 e. The number of allylic oxidation sites excluding steroid dienone is 2. The minimum Gasteiger partial charge on any atom is -0.308 e. The standard InChI is InChI=1S/C10H19N/c1-5-9(4)6-10(7-11)8(2)3/h6-9,11H,5H2,1-4H3/b10-6+,11-7?. The lowest BCUT2D eigenvalue weighted by Gasteiger charge is -2.08. The molecular weight excluding hydrogens is 134 g/mol. The Kier molecular flexibility index (Phi) is 4.84. The first-order chi connectivity index (χ1) is 5.11. The van der Waals surface area contributed by atoms with Gasteiger partial charge in [-0.1, -0.05) is 40.2 Å². The lowest BCUT2D eigenvalue weighted by atomic mass is 9.98. The van der Waals surface area contributed by atoms with E-state index in [0.717, 1.165) is 12.0 Å². The van der Waals surface area contributed by atoms with Crippen molar-refractivity contribution >= 4 is 6.21 Å². The molecule has 0 aliphatic heterocycles. The van der Waals surface area contributed by atoms with Crippen LogP contribution < -0.4 is 0 Å². The summed E-state index contributed by atoms with van der Waals surface area (Å²) in [6, 6.07) is 0. The summed E-state index contributed by atoms with van der Waals surface area (Å²) in [5, 5.41) is 7.17. The molecule has 11 heavy (non-hydrogen) atoms. The first-order valence-electron chi connectivity index (χ1n) is 4.34. The van der Waals surface area contributed by atoms with E-state index in [9.17, 15) is 0 Å². The van der Waals surface area contributed by atoms with Gasteiger partial charge in [0.05, 0.1) is 0 Å². The van der Waals surface area contributed by atoms with Crippen LogP contribution in [0.25, 0.3) is 0 Å². The molecule has 1 atom stereocenters. The molecule has 0 saturated carbocycles. The number of hydrogen-bond donors (Lipinski definition) is 1. The summed E-state index contributed by atoms with van der Waals surface area (Å²) in [5.41, 5.74) is 1.15. The van der Waals surface area contributed by atoms with Crippen LogP contribution in [0.4, 0.5) is 0 Å². The van der Waals surface area contributed by atoms with Gasteiger partial charge in [-0.25, -0.2) is 0 Å². The summed E-state index contributed by atoms with van der Waals surface area (Å²) in [7, 11) is 0. The molecule has 1 nitrogen and oxygen atoms in total. The minimum atomic E-state index is 0.487. The van der Waals surface area contributed by atoms with Crippen LogP contribution in [0.5, 0.6) is 0 Å². The van der Waals surface area contributed by atoms with E-state index in [0.29, 0.717) is 11.8 Å². The highest BCUT2D eigenvalue weighted by Gasteiger charge is 2.01. The van der Waals surface area contributed by atoms with Gasteiger partial charge in [-0.2, -0.15) is 0 Å². The van der Waals surface area contributed by atoms with Crippen molar-refractivity contribution in [3.63, 3.8) is 0 Å². The van der Waals surface area contributed by atoms with Crippen LogP contribution in [-0.4, -0.2) is 6.21 Å². The van der Waals surface area contributed by atoms with Gasteiger partial charge in [-0.05, 0) is 17.4 Å². The fraction of sp³-hybridized carbons (Fsp3) is 0.700. The Hall–Kier alpha value is -0.590. The van der Waals surface area contributed by atoms with Crippen LogP contribution in [-0.2, 0) is 0 Å². The van der Waals surface area contributed by atoms with Gasteiger partial charge in [0.15, 0.2) is 0 Å². The normalized spacial score (nSPS) is 15.2. The molecule has 0 amide bonds. The van der Waals surface area contributed by atoms with Gasteiger partial charge in [0.2, 0.25) is 0 Å². The van der Waals surface area contributed by atoms with Crippen molar-refractivity contribution in [3.05, 3.63) is 11.6 Å². The van der Waals surface area contributed by atoms with Crippen LogP contribution in [0.3, 0.4) is 0 Å². The van der Waals surface area contributed by atoms with Crippen LogP contribution in [0.15, 0.2) is 11.6 Å². The summed E-state index contributed by atoms with van der Waals surface area (Å²) in [4.78, 5) is 0. The minimum absolute atomic E-state index is 0.487. The first kappa shape index (κ1) is 10.4. The predicted molar refractivity (Wildman–Crippen MR) is 51.2 cm³/mol. The Morgan fingerprint density at radius 2 is 1.91 bits per heavy atom. The third-order valence-corrected chi connectivity index (χ3v) is 1.95. The Bertz CT molecular complexity index is 145. The van der Waals surface area contributed by atoms with E-state index < -0.39 is 0 Å². The fourth-order valence-corrected chi connectivity index (χ4v) is 0.854. The van der Waals surface area contributed by atoms with E-state index in [4.69, 9.17) is 5.41 Å². The zero-order valence-electron chi connectivity index (χ0n) is 8.02. The lowest BCUT2D eigenvalue weighted by Crippen LogP contribution is -1.98. The van der Waals surface area contributed by atoms with Crippen LogP contribution in [0, 0.1) is 17.2 Å². The maximum atomic E-state index is 7.17. The zero-order chi connectivity index (χ0) is 8.85. The predicted octanol–water partition coefficient (Wildman–Crippen LogP) is 3.26. The molecule has 0 saturated heterocycles. The molecule has 1 unspecified atom stereocenters. The molecule has 0 spiro atoms. The molecule has 1 heteroatoms. The summed E-state index contributed by atoms with van der Waals surface area (Å²) in [6.45, 7) is 8.60. The van der Waals surface area contributed by atoms with Crippen molar-refractivity contribution in [1.29, 1.82) is 5.41 Å². The van der Waals surface area contributed by atoms with Gasteiger partial charge >= 0.3 is 0 Å². The highest BCUT2D eigenvalue weighted by atomic mass is 14.3. The Labute approximate surface area is 70.0 Å². The van der Waals surface area contributed by atoms with Gasteiger partial charge in [0.1, 0.15) is 0 Å². The van der Waals surface area contributed by atoms with Gasteiger partial charge in [-0.3, -0.25) is 0 Å². The summed E-state index contributed by atoms with van der Waals surface area (Å²) >= 11 is 0. The van der Waals surface area contributed by atoms with Crippen molar-refractivity contribution in [3.8, 4) is 0 Å². The highest BCUT2D eigenvalue weighted by Crippen LogP contribution is 2.12. The van der Waals surface area contributed by atoms with Crippen molar-refractivity contribution < 1.29 is 0 Å². The number of hydrogen-bond acceptors (Lipinski definition) is 1. The maximum absolute atomic E-state index is 7.17. The molecule has 1 N–H and O–H groups in total. The van der Waals surface area contributed by atoms with E-state index in [1.807, 2.05) is 0 Å². The zero-order valence-corrected chi connectivity index (χ0v) is 8.02. The monoisotopic (exact) mass is 153 g/mol. The van der Waals surface area contributed by atoms with E-state index in [-0.39, 0.29) is 0 Å². The van der Waals surface area contributed by atoms with Crippen LogP contribution in [0.1, 0.15) is 34.1 Å². The van der Waals surface area contributed by atoms with Crippen LogP contribution in [0.2, 0.25) is 0 Å². The number of rotatable bonds is 4. The van der Waals surface area contributed by atoms with Gasteiger partial charge in [0, 0.05) is 6.21 Å². The van der Waals surface area contributed by atoms with E-state index in [1.54, 1.807) is 0 Å². The largest absolute Gasteiger partial charge is 0.308 e. The average molecular weight is 153 g/mol. The molecule has 0 aromatic carbocycles. The van der Waals surface area contributed by atoms with E-state index in [1.165, 1.54) is 6.21 Å². The molecule has 0 rings (SSSR count). The molecule has 0 aromatic rings. The molecule has 0 radical (unpaired) electrons. The second-order valence-corrected chi connectivity index (χ2v) is 3.35. The van der Waals surface area contributed by atoms with Crippen LogP contribution >= 0.6 is 0 Å². The smallest absolute Gasteiger partial charge is 0.0209 e. The molecule has 0 aliphatic rings. The molecule has 0 bridgehead atoms. The quantitative estimate of drug-likeness (QED) is 0.599. The number of nitrogens with one attached hydrogen (secondary N) is 1. The molecule has 0 fully saturated rings. The van der Waals surface area contributed by atoms with Gasteiger partial charge in [-0.15, -0.1) is 0 Å². The Morgan fingerprint density at radius 1 is 1.36 bits per heavy atom. The van der Waals surface area contributed by atoms with Gasteiger partial charge in [0.25, 0.3) is 0 Å². The fourth-order valence-electron chi connectivity index (χ4n) is 0.854. The summed E-state index contributed by atoms with van der Waals surface area (Å²) in [5.74, 6) is 1.09. The first-order valence-corrected chi connectivity index (χ1v) is 4.34. The molecule has 0 aromatic heterocycles. The van der Waals surface area contributed by atoms with Crippen molar-refractivity contribution in [2.75, 3.05) is 0 Å². The average Bonchev–Trinajstić information content (AvgIpc) is 1.99. The van der Waals surface area contributed by atoms with Crippen molar-refractivity contribution in [1.82, 2.24) is 0 Å². The SMILES string of the molecule is CCC(C)/C=C(\C=N)C(C)C. The van der Waals surface area contributed by atoms with Crippen molar-refractivity contribution in [2.24, 2.45) is 11.8 Å². The topological polar surface area (TPSA) is 23.9 Å². The molecular formula is C10H19N. The second kappa shape index (κ2) is 5.11. The van der Waals surface area contributed by atoms with Crippen molar-refractivity contribution in [2.45, 2.75) is 34.1 Å². The molecule has 0 heterocycles. The van der Waals surface area contributed by atoms with E-state index in [2.05, 4.69) is 33.8 Å². The molecule has 0 aliphatic carbocycles. The van der Waals surface area contributed by atoms with E-state index >= 15 is 0 Å². The molecule has 64 valence electrons. The van der Waals surface area contributed by atoms with Gasteiger partial charge < -0.3 is 5.41 Å². The third-order valence-electron chi connectivity index (χ3n) is 1.95. The summed E-state index contributed by atoms with van der Waals surface area (Å²) < 4.78 is 0. The second-order valence-electron chi connectivity index (χ2n) is 3.35. The Balaban J connectivity index is 4.22. The lowest BCUT2D eigenvalue weighted by molar-refractivity contribution is 0.679. The highest BCUT2D eigenvalue weighted by molar-refractivity contribution is 5.76. The Morgan fingerprint density at radius 3 is 2.18 bits per heavy atom. The third kappa shape index (κ3) is 3.97. The summed E-state index contributed by atoms with van der Waals surface area (Å²) in [6.07, 6.45) is 4.82.